The van der Waals surface area contributed by atoms with E-state index in [1.807, 2.05) is 24.3 Å². The van der Waals surface area contributed by atoms with Gasteiger partial charge in [-0.25, -0.2) is 8.78 Å². The van der Waals surface area contributed by atoms with Crippen molar-refractivity contribution in [3.63, 3.8) is 0 Å². The van der Waals surface area contributed by atoms with E-state index in [0.29, 0.717) is 24.4 Å². The minimum atomic E-state index is -0.721. The molecule has 6 nitrogen and oxygen atoms in total. The Bertz CT molecular complexity index is 1210. The molecule has 1 aromatic heterocycles. The van der Waals surface area contributed by atoms with Gasteiger partial charge in [0.25, 0.3) is 5.56 Å². The van der Waals surface area contributed by atoms with Crippen molar-refractivity contribution in [3.8, 4) is 5.75 Å². The Labute approximate surface area is 198 Å². The van der Waals surface area contributed by atoms with Crippen LogP contribution in [0.5, 0.6) is 5.75 Å². The molecule has 2 aromatic carbocycles. The van der Waals surface area contributed by atoms with Crippen LogP contribution in [0.2, 0.25) is 0 Å². The van der Waals surface area contributed by atoms with Crippen LogP contribution < -0.4 is 21.3 Å². The summed E-state index contributed by atoms with van der Waals surface area (Å²) < 4.78 is 33.2. The zero-order chi connectivity index (χ0) is 24.1. The van der Waals surface area contributed by atoms with Crippen LogP contribution in [0.25, 0.3) is 0 Å². The van der Waals surface area contributed by atoms with E-state index in [1.165, 1.54) is 6.07 Å². The minimum Gasteiger partial charge on any atom is -0.487 e. The van der Waals surface area contributed by atoms with E-state index < -0.39 is 17.7 Å². The maximum atomic E-state index is 14.0. The molecule has 9 heteroatoms. The molecule has 0 bridgehead atoms. The van der Waals surface area contributed by atoms with Crippen molar-refractivity contribution in [2.24, 2.45) is 5.73 Å². The lowest BCUT2D eigenvalue weighted by molar-refractivity contribution is -0.122. The number of H-pyrrole nitrogens is 1. The standard InChI is InChI=1S/C24H24BrF2N3O3/c1-13(28)23(31)29-11-16-5-3-15(4-6-16)9-19-14(2)30-24(32)21(25)22(19)33-12-17-7-8-18(26)10-20(17)27/h3-8,10,13H,9,11-12,28H2,1-2H3,(H,29,31)(H,30,32)/t13-/m0/s1. The van der Waals surface area contributed by atoms with Gasteiger partial charge >= 0.3 is 0 Å². The third-order valence-electron chi connectivity index (χ3n) is 5.10. The first kappa shape index (κ1) is 24.6. The molecule has 0 spiro atoms. The van der Waals surface area contributed by atoms with Crippen LogP contribution in [0, 0.1) is 18.6 Å². The van der Waals surface area contributed by atoms with Crippen molar-refractivity contribution < 1.29 is 18.3 Å². The maximum Gasteiger partial charge on any atom is 0.266 e. The number of aromatic amines is 1. The van der Waals surface area contributed by atoms with Gasteiger partial charge in [-0.15, -0.1) is 0 Å². The number of nitrogens with two attached hydrogens (primary N) is 1. The Balaban J connectivity index is 1.80. The quantitative estimate of drug-likeness (QED) is 0.421. The highest BCUT2D eigenvalue weighted by Crippen LogP contribution is 2.31. The fraction of sp³-hybridized carbons (Fsp3) is 0.250. The first-order valence-electron chi connectivity index (χ1n) is 10.2. The van der Waals surface area contributed by atoms with E-state index in [-0.39, 0.29) is 28.1 Å². The summed E-state index contributed by atoms with van der Waals surface area (Å²) >= 11 is 3.27. The summed E-state index contributed by atoms with van der Waals surface area (Å²) in [5.74, 6) is -1.33. The van der Waals surface area contributed by atoms with Crippen molar-refractivity contribution >= 4 is 21.8 Å². The molecule has 4 N–H and O–H groups in total. The Morgan fingerprint density at radius 2 is 1.85 bits per heavy atom. The molecule has 1 atom stereocenters. The molecule has 0 aliphatic rings. The fourth-order valence-corrected chi connectivity index (χ4v) is 3.64. The number of ether oxygens (including phenoxy) is 1. The van der Waals surface area contributed by atoms with Crippen molar-refractivity contribution in [1.82, 2.24) is 10.3 Å². The van der Waals surface area contributed by atoms with Crippen LogP contribution in [-0.4, -0.2) is 16.9 Å². The molecule has 0 aliphatic heterocycles. The number of pyridine rings is 1. The highest BCUT2D eigenvalue weighted by Gasteiger charge is 2.17. The lowest BCUT2D eigenvalue weighted by Gasteiger charge is -2.16. The molecule has 0 saturated carbocycles. The molecular formula is C24H24BrF2N3O3. The minimum absolute atomic E-state index is 0.168. The number of benzene rings is 2. The molecule has 3 aromatic rings. The van der Waals surface area contributed by atoms with Crippen LogP contribution >= 0.6 is 15.9 Å². The molecule has 0 unspecified atom stereocenters. The Hall–Kier alpha value is -3.04. The van der Waals surface area contributed by atoms with E-state index in [0.717, 1.165) is 28.8 Å². The number of nitrogens with one attached hydrogen (secondary N) is 2. The summed E-state index contributed by atoms with van der Waals surface area (Å²) in [6, 6.07) is 10.3. The van der Waals surface area contributed by atoms with Gasteiger partial charge in [0.05, 0.1) is 6.04 Å². The van der Waals surface area contributed by atoms with Crippen LogP contribution in [0.1, 0.15) is 34.9 Å². The summed E-state index contributed by atoms with van der Waals surface area (Å²) in [5.41, 5.74) is 8.54. The van der Waals surface area contributed by atoms with Gasteiger partial charge in [-0.05, 0) is 53.0 Å². The highest BCUT2D eigenvalue weighted by molar-refractivity contribution is 9.10. The second-order valence-corrected chi connectivity index (χ2v) is 8.52. The number of carbonyl (C=O) groups excluding carboxylic acids is 1. The second-order valence-electron chi connectivity index (χ2n) is 7.72. The average molecular weight is 520 g/mol. The first-order chi connectivity index (χ1) is 15.7. The Morgan fingerprint density at radius 3 is 2.48 bits per heavy atom. The monoisotopic (exact) mass is 519 g/mol. The van der Waals surface area contributed by atoms with Crippen molar-refractivity contribution in [3.05, 3.63) is 96.9 Å². The van der Waals surface area contributed by atoms with Gasteiger partial charge in [0.1, 0.15) is 28.5 Å². The first-order valence-corrected chi connectivity index (χ1v) is 11.0. The zero-order valence-electron chi connectivity index (χ0n) is 18.2. The molecule has 1 heterocycles. The van der Waals surface area contributed by atoms with Crippen molar-refractivity contribution in [2.75, 3.05) is 0 Å². The van der Waals surface area contributed by atoms with Crippen LogP contribution in [0.15, 0.2) is 51.7 Å². The van der Waals surface area contributed by atoms with Crippen LogP contribution in [0.3, 0.4) is 0 Å². The SMILES string of the molecule is Cc1[nH]c(=O)c(Br)c(OCc2ccc(F)cc2F)c1Cc1ccc(CNC(=O)[C@H](C)N)cc1. The smallest absolute Gasteiger partial charge is 0.266 e. The maximum absolute atomic E-state index is 14.0. The molecule has 1 amide bonds. The predicted molar refractivity (Wildman–Crippen MR) is 125 cm³/mol. The molecule has 33 heavy (non-hydrogen) atoms. The van der Waals surface area contributed by atoms with Gasteiger partial charge in [-0.3, -0.25) is 9.59 Å². The highest BCUT2D eigenvalue weighted by atomic mass is 79.9. The summed E-state index contributed by atoms with van der Waals surface area (Å²) in [7, 11) is 0. The third-order valence-corrected chi connectivity index (χ3v) is 5.82. The number of halogens is 3. The van der Waals surface area contributed by atoms with Gasteiger partial charge in [-0.1, -0.05) is 24.3 Å². The zero-order valence-corrected chi connectivity index (χ0v) is 19.8. The number of aromatic nitrogens is 1. The summed E-state index contributed by atoms with van der Waals surface area (Å²) in [5, 5.41) is 2.76. The third kappa shape index (κ3) is 6.27. The van der Waals surface area contributed by atoms with Crippen LogP contribution in [0.4, 0.5) is 8.78 Å². The number of hydrogen-bond acceptors (Lipinski definition) is 4. The van der Waals surface area contributed by atoms with Gasteiger partial charge < -0.3 is 20.8 Å². The fourth-order valence-electron chi connectivity index (χ4n) is 3.19. The van der Waals surface area contributed by atoms with Gasteiger partial charge in [0, 0.05) is 35.9 Å². The Kier molecular flexibility index (Phi) is 7.99. The largest absolute Gasteiger partial charge is 0.487 e. The number of hydrogen-bond donors (Lipinski definition) is 3. The van der Waals surface area contributed by atoms with E-state index in [4.69, 9.17) is 10.5 Å². The van der Waals surface area contributed by atoms with Gasteiger partial charge in [0.15, 0.2) is 0 Å². The molecule has 0 radical (unpaired) electrons. The van der Waals surface area contributed by atoms with E-state index in [9.17, 15) is 18.4 Å². The lowest BCUT2D eigenvalue weighted by Crippen LogP contribution is -2.37. The van der Waals surface area contributed by atoms with Gasteiger partial charge in [-0.2, -0.15) is 0 Å². The predicted octanol–water partition coefficient (Wildman–Crippen LogP) is 3.86. The molecule has 0 fully saturated rings. The van der Waals surface area contributed by atoms with E-state index in [1.54, 1.807) is 13.8 Å². The molecule has 0 saturated heterocycles. The molecular weight excluding hydrogens is 496 g/mol. The van der Waals surface area contributed by atoms with Crippen molar-refractivity contribution in [1.29, 1.82) is 0 Å². The summed E-state index contributed by atoms with van der Waals surface area (Å²) in [4.78, 5) is 26.7. The number of amides is 1. The number of aryl methyl sites for hydroxylation is 1. The number of rotatable bonds is 8. The van der Waals surface area contributed by atoms with Crippen LogP contribution in [-0.2, 0) is 24.4 Å². The normalized spacial score (nSPS) is 11.8. The average Bonchev–Trinajstić information content (AvgIpc) is 2.77. The summed E-state index contributed by atoms with van der Waals surface area (Å²) in [6.07, 6.45) is 0.439. The van der Waals surface area contributed by atoms with Crippen molar-refractivity contribution in [2.45, 2.75) is 39.5 Å². The van der Waals surface area contributed by atoms with Gasteiger partial charge in [0.2, 0.25) is 5.91 Å². The molecule has 174 valence electrons. The van der Waals surface area contributed by atoms with E-state index >= 15 is 0 Å². The summed E-state index contributed by atoms with van der Waals surface area (Å²) in [6.45, 7) is 3.57. The second kappa shape index (κ2) is 10.7. The Morgan fingerprint density at radius 1 is 1.18 bits per heavy atom. The molecule has 3 rings (SSSR count). The number of carbonyl (C=O) groups is 1. The molecule has 0 aliphatic carbocycles. The van der Waals surface area contributed by atoms with E-state index in [2.05, 4.69) is 26.2 Å². The topological polar surface area (TPSA) is 97.2 Å². The lowest BCUT2D eigenvalue weighted by atomic mass is 10.0.